The Hall–Kier alpha value is -4.66. The Bertz CT molecular complexity index is 2150. The SMILES string of the molecule is CCCOCCOC(C)c1c(C)c2cc3[nH]c(cc4nc(cc5nc(cc1[nH]2)C(C)=C5CCC(=O)O)C(CCC(=O)O)=C4C)c(C)c3C(C)OCCOCCO. The van der Waals surface area contributed by atoms with Gasteiger partial charge in [0.1, 0.15) is 0 Å². The van der Waals surface area contributed by atoms with Crippen LogP contribution in [0.15, 0.2) is 24.3 Å². The molecule has 56 heavy (non-hydrogen) atoms. The lowest BCUT2D eigenvalue weighted by molar-refractivity contribution is -0.137. The smallest absolute Gasteiger partial charge is 0.303 e. The summed E-state index contributed by atoms with van der Waals surface area (Å²) < 4.78 is 23.8. The average molecular weight is 773 g/mol. The third kappa shape index (κ3) is 10.0. The van der Waals surface area contributed by atoms with Crippen LogP contribution < -0.4 is 0 Å². The Morgan fingerprint density at radius 1 is 0.625 bits per heavy atom. The molecule has 3 aromatic rings. The van der Waals surface area contributed by atoms with Gasteiger partial charge in [0.25, 0.3) is 0 Å². The van der Waals surface area contributed by atoms with E-state index in [1.165, 1.54) is 0 Å². The standard InChI is InChI=1S/C43H56N4O9/c1-8-14-53-16-18-55-29(7)43-27(5)35-22-39-42(28(6)56-19-17-54-15-13-48)26(4)34(46-39)20-32-24(2)30(9-11-40(49)50)36(44-32)23-37-31(10-12-41(51)52)25(3)33(45-37)21-38(43)47-35/h20-23,28-29,46-48H,8-19H2,1-7H3,(H,49,50)(H,51,52). The molecule has 5 rings (SSSR count). The first-order valence-corrected chi connectivity index (χ1v) is 19.4. The summed E-state index contributed by atoms with van der Waals surface area (Å²) in [6.07, 6.45) is 0.686. The van der Waals surface area contributed by atoms with Gasteiger partial charge in [-0.15, -0.1) is 0 Å². The molecule has 0 saturated heterocycles. The first-order valence-electron chi connectivity index (χ1n) is 19.4. The van der Waals surface area contributed by atoms with Crippen LogP contribution in [0.3, 0.4) is 0 Å². The van der Waals surface area contributed by atoms with Crippen LogP contribution in [-0.2, 0) is 28.5 Å². The zero-order chi connectivity index (χ0) is 40.5. The number of rotatable bonds is 20. The maximum absolute atomic E-state index is 11.8. The number of aromatic amines is 2. The summed E-state index contributed by atoms with van der Waals surface area (Å²) in [5.41, 5.74) is 13.1. The second-order valence-electron chi connectivity index (χ2n) is 14.3. The number of aryl methyl sites for hydroxylation is 2. The van der Waals surface area contributed by atoms with Crippen LogP contribution in [0.1, 0.15) is 124 Å². The van der Waals surface area contributed by atoms with Crippen LogP contribution in [0, 0.1) is 13.8 Å². The van der Waals surface area contributed by atoms with E-state index in [1.807, 2.05) is 52.8 Å². The van der Waals surface area contributed by atoms with E-state index in [0.717, 1.165) is 73.0 Å². The Balaban J connectivity index is 1.81. The molecule has 0 amide bonds. The molecule has 0 spiro atoms. The zero-order valence-corrected chi connectivity index (χ0v) is 33.6. The normalized spacial score (nSPS) is 14.1. The Morgan fingerprint density at radius 2 is 1.07 bits per heavy atom. The van der Waals surface area contributed by atoms with Gasteiger partial charge in [-0.05, 0) is 118 Å². The van der Waals surface area contributed by atoms with Crippen molar-refractivity contribution in [2.24, 2.45) is 0 Å². The lowest BCUT2D eigenvalue weighted by Crippen LogP contribution is -2.10. The fraction of sp³-hybridized carbons (Fsp3) is 0.488. The number of ether oxygens (including phenoxy) is 4. The summed E-state index contributed by atoms with van der Waals surface area (Å²) in [7, 11) is 0. The van der Waals surface area contributed by atoms with Crippen LogP contribution in [-0.4, -0.2) is 93.4 Å². The molecule has 0 saturated carbocycles. The van der Waals surface area contributed by atoms with Crippen LogP contribution in [0.5, 0.6) is 0 Å². The van der Waals surface area contributed by atoms with Crippen molar-refractivity contribution in [3.63, 3.8) is 0 Å². The maximum Gasteiger partial charge on any atom is 0.303 e. The molecule has 0 fully saturated rings. The van der Waals surface area contributed by atoms with Gasteiger partial charge >= 0.3 is 11.9 Å². The van der Waals surface area contributed by atoms with Crippen molar-refractivity contribution in [2.75, 3.05) is 46.2 Å². The van der Waals surface area contributed by atoms with E-state index >= 15 is 0 Å². The molecule has 13 nitrogen and oxygen atoms in total. The van der Waals surface area contributed by atoms with E-state index in [1.54, 1.807) is 0 Å². The number of hydrogen-bond acceptors (Lipinski definition) is 9. The summed E-state index contributed by atoms with van der Waals surface area (Å²) in [6.45, 7) is 16.5. The Labute approximate surface area is 327 Å². The molecule has 3 aromatic heterocycles. The highest BCUT2D eigenvalue weighted by molar-refractivity contribution is 5.96. The maximum atomic E-state index is 11.8. The lowest BCUT2D eigenvalue weighted by Gasteiger charge is -2.14. The minimum atomic E-state index is -0.912. The minimum Gasteiger partial charge on any atom is -0.481 e. The number of aliphatic hydroxyl groups is 1. The predicted octanol–water partition coefficient (Wildman–Crippen LogP) is 8.11. The number of fused-ring (bicyclic) bond motifs is 8. The largest absolute Gasteiger partial charge is 0.481 e. The summed E-state index contributed by atoms with van der Waals surface area (Å²) in [4.78, 5) is 41.0. The highest BCUT2D eigenvalue weighted by Crippen LogP contribution is 2.39. The van der Waals surface area contributed by atoms with E-state index in [-0.39, 0.29) is 51.1 Å². The van der Waals surface area contributed by atoms with Gasteiger partial charge < -0.3 is 44.2 Å². The summed E-state index contributed by atoms with van der Waals surface area (Å²) >= 11 is 0. The molecule has 302 valence electrons. The number of carboxylic acids is 2. The van der Waals surface area contributed by atoms with Gasteiger partial charge in [0.2, 0.25) is 0 Å². The fourth-order valence-electron chi connectivity index (χ4n) is 7.44. The number of aliphatic hydroxyl groups excluding tert-OH is 1. The number of carbonyl (C=O) groups is 2. The Morgan fingerprint density at radius 3 is 1.54 bits per heavy atom. The van der Waals surface area contributed by atoms with Gasteiger partial charge in [0.15, 0.2) is 0 Å². The number of allylic oxidation sites excluding steroid dienone is 4. The van der Waals surface area contributed by atoms with Crippen molar-refractivity contribution < 1.29 is 43.9 Å². The molecule has 8 bridgehead atoms. The lowest BCUT2D eigenvalue weighted by atomic mass is 9.98. The molecule has 13 heteroatoms. The number of aliphatic carboxylic acids is 2. The number of H-pyrrole nitrogens is 2. The van der Waals surface area contributed by atoms with Crippen molar-refractivity contribution in [3.8, 4) is 0 Å². The number of nitrogens with one attached hydrogen (secondary N) is 2. The van der Waals surface area contributed by atoms with Crippen molar-refractivity contribution in [3.05, 3.63) is 69.3 Å². The van der Waals surface area contributed by atoms with Crippen LogP contribution in [0.25, 0.3) is 44.4 Å². The van der Waals surface area contributed by atoms with Crippen molar-refractivity contribution in [1.29, 1.82) is 0 Å². The molecular weight excluding hydrogens is 716 g/mol. The van der Waals surface area contributed by atoms with E-state index < -0.39 is 11.9 Å². The third-order valence-electron chi connectivity index (χ3n) is 10.4. The molecule has 2 atom stereocenters. The van der Waals surface area contributed by atoms with E-state index in [2.05, 4.69) is 29.9 Å². The van der Waals surface area contributed by atoms with E-state index in [4.69, 9.17) is 34.0 Å². The molecule has 0 aromatic carbocycles. The van der Waals surface area contributed by atoms with Crippen LogP contribution in [0.4, 0.5) is 0 Å². The summed E-state index contributed by atoms with van der Waals surface area (Å²) in [6, 6.07) is 7.93. The summed E-state index contributed by atoms with van der Waals surface area (Å²) in [5, 5.41) is 28.4. The number of hydrogen-bond donors (Lipinski definition) is 5. The zero-order valence-electron chi connectivity index (χ0n) is 33.6. The number of nitrogens with zero attached hydrogens (tertiary/aromatic N) is 2. The third-order valence-corrected chi connectivity index (χ3v) is 10.4. The first-order chi connectivity index (χ1) is 26.8. The number of aromatic nitrogens is 4. The minimum absolute atomic E-state index is 0.0565. The van der Waals surface area contributed by atoms with Crippen LogP contribution >= 0.6 is 0 Å². The fourth-order valence-corrected chi connectivity index (χ4v) is 7.44. The van der Waals surface area contributed by atoms with Crippen molar-refractivity contribution in [2.45, 2.75) is 92.8 Å². The molecule has 5 N–H and O–H groups in total. The van der Waals surface area contributed by atoms with Crippen LogP contribution in [0.2, 0.25) is 0 Å². The molecule has 0 aliphatic carbocycles. The van der Waals surface area contributed by atoms with Gasteiger partial charge in [0, 0.05) is 52.6 Å². The summed E-state index contributed by atoms with van der Waals surface area (Å²) in [5.74, 6) is -1.82. The quantitative estimate of drug-likeness (QED) is 0.0698. The van der Waals surface area contributed by atoms with Gasteiger partial charge in [-0.25, -0.2) is 9.97 Å². The van der Waals surface area contributed by atoms with E-state index in [9.17, 15) is 19.8 Å². The van der Waals surface area contributed by atoms with Crippen molar-refractivity contribution >= 4 is 56.3 Å². The van der Waals surface area contributed by atoms with Crippen molar-refractivity contribution in [1.82, 2.24) is 19.9 Å². The molecule has 5 heterocycles. The molecule has 2 aliphatic rings. The van der Waals surface area contributed by atoms with Gasteiger partial charge in [0.05, 0.1) is 74.6 Å². The molecule has 0 radical (unpaired) electrons. The molecular formula is C43H56N4O9. The van der Waals surface area contributed by atoms with E-state index in [0.29, 0.717) is 55.8 Å². The predicted molar refractivity (Wildman–Crippen MR) is 217 cm³/mol. The highest BCUT2D eigenvalue weighted by atomic mass is 16.5. The molecule has 2 unspecified atom stereocenters. The molecule has 2 aliphatic heterocycles. The van der Waals surface area contributed by atoms with Gasteiger partial charge in [-0.2, -0.15) is 0 Å². The van der Waals surface area contributed by atoms with Gasteiger partial charge in [-0.3, -0.25) is 9.59 Å². The average Bonchev–Trinajstić information content (AvgIpc) is 3.82. The topological polar surface area (TPSA) is 189 Å². The number of carboxylic acid groups (broad SMARTS) is 2. The Kier molecular flexibility index (Phi) is 14.8. The second-order valence-corrected chi connectivity index (χ2v) is 14.3. The monoisotopic (exact) mass is 772 g/mol. The van der Waals surface area contributed by atoms with Gasteiger partial charge in [-0.1, -0.05) is 6.92 Å². The second kappa shape index (κ2) is 19.5. The first kappa shape index (κ1) is 42.5. The highest BCUT2D eigenvalue weighted by Gasteiger charge is 2.24.